The molecule has 0 spiro atoms. The number of ether oxygens (including phenoxy) is 3. The first-order chi connectivity index (χ1) is 17.3. The minimum atomic E-state index is -0.715. The predicted octanol–water partition coefficient (Wildman–Crippen LogP) is 5.53. The van der Waals surface area contributed by atoms with E-state index in [4.69, 9.17) is 36.0 Å². The Morgan fingerprint density at radius 1 is 1.19 bits per heavy atom. The Kier molecular flexibility index (Phi) is 7.32. The molecule has 1 unspecified atom stereocenters. The Morgan fingerprint density at radius 3 is 2.58 bits per heavy atom. The maximum absolute atomic E-state index is 12.7. The van der Waals surface area contributed by atoms with E-state index in [9.17, 15) is 10.1 Å². The number of aromatic nitrogens is 1. The molecule has 9 heteroatoms. The maximum atomic E-state index is 12.7. The van der Waals surface area contributed by atoms with E-state index in [-0.39, 0.29) is 30.2 Å². The molecule has 1 aliphatic rings. The van der Waals surface area contributed by atoms with Gasteiger partial charge in [-0.25, -0.2) is 9.78 Å². The zero-order chi connectivity index (χ0) is 25.8. The second-order valence-electron chi connectivity index (χ2n) is 7.97. The third kappa shape index (κ3) is 4.92. The Balaban J connectivity index is 1.55. The molecule has 1 aromatic heterocycles. The topological polar surface area (TPSA) is 121 Å². The van der Waals surface area contributed by atoms with Crippen molar-refractivity contribution in [2.24, 2.45) is 5.73 Å². The summed E-state index contributed by atoms with van der Waals surface area (Å²) in [5.41, 5.74) is 8.35. The molecular formula is C27H24ClN3O5. The molecule has 184 valence electrons. The quantitative estimate of drug-likeness (QED) is 0.416. The normalized spacial score (nSPS) is 15.4. The lowest BCUT2D eigenvalue weighted by Crippen LogP contribution is -2.25. The average Bonchev–Trinajstić information content (AvgIpc) is 3.23. The molecule has 0 saturated heterocycles. The summed E-state index contributed by atoms with van der Waals surface area (Å²) >= 11 is 6.26. The monoisotopic (exact) mass is 505 g/mol. The van der Waals surface area contributed by atoms with Gasteiger partial charge < -0.3 is 24.4 Å². The number of nitriles is 1. The smallest absolute Gasteiger partial charge is 0.338 e. The molecule has 36 heavy (non-hydrogen) atoms. The molecule has 2 N–H and O–H groups in total. The molecule has 4 rings (SSSR count). The van der Waals surface area contributed by atoms with Gasteiger partial charge >= 0.3 is 5.97 Å². The highest BCUT2D eigenvalue weighted by molar-refractivity contribution is 6.33. The summed E-state index contributed by atoms with van der Waals surface area (Å²) in [4.78, 5) is 17.2. The van der Waals surface area contributed by atoms with Crippen LogP contribution < -0.4 is 10.5 Å². The van der Waals surface area contributed by atoms with Crippen LogP contribution in [0.25, 0.3) is 11.5 Å². The number of carbonyl (C=O) groups excluding carboxylic acids is 1. The van der Waals surface area contributed by atoms with Gasteiger partial charge in [0.1, 0.15) is 41.2 Å². The third-order valence-electron chi connectivity index (χ3n) is 5.69. The summed E-state index contributed by atoms with van der Waals surface area (Å²) < 4.78 is 22.3. The summed E-state index contributed by atoms with van der Waals surface area (Å²) in [7, 11) is 0. The van der Waals surface area contributed by atoms with Crippen molar-refractivity contribution in [1.82, 2.24) is 4.98 Å². The van der Waals surface area contributed by atoms with Crippen LogP contribution in [0.5, 0.6) is 5.75 Å². The van der Waals surface area contributed by atoms with Crippen molar-refractivity contribution >= 4 is 17.6 Å². The highest BCUT2D eigenvalue weighted by Gasteiger charge is 2.36. The van der Waals surface area contributed by atoms with E-state index in [1.54, 1.807) is 44.2 Å². The second kappa shape index (κ2) is 10.6. The van der Waals surface area contributed by atoms with Crippen LogP contribution in [-0.2, 0) is 20.9 Å². The van der Waals surface area contributed by atoms with Crippen LogP contribution in [0.1, 0.15) is 36.8 Å². The van der Waals surface area contributed by atoms with E-state index in [1.165, 1.54) is 0 Å². The Morgan fingerprint density at radius 2 is 1.92 bits per heavy atom. The van der Waals surface area contributed by atoms with Gasteiger partial charge in [0.25, 0.3) is 0 Å². The minimum Gasteiger partial charge on any atom is -0.487 e. The molecule has 0 aliphatic carbocycles. The number of carbonyl (C=O) groups is 1. The highest BCUT2D eigenvalue weighted by Crippen LogP contribution is 2.40. The van der Waals surface area contributed by atoms with Gasteiger partial charge in [0.15, 0.2) is 0 Å². The van der Waals surface area contributed by atoms with Gasteiger partial charge in [0.2, 0.25) is 11.8 Å². The number of esters is 1. The lowest BCUT2D eigenvalue weighted by molar-refractivity contribution is -0.139. The minimum absolute atomic E-state index is 0.0378. The number of nitrogens with two attached hydrogens (primary N) is 1. The van der Waals surface area contributed by atoms with E-state index in [1.807, 2.05) is 25.1 Å². The molecule has 2 aromatic carbocycles. The lowest BCUT2D eigenvalue weighted by Gasteiger charge is -2.26. The van der Waals surface area contributed by atoms with Gasteiger partial charge in [-0.3, -0.25) is 0 Å². The Hall–Kier alpha value is -4.22. The molecule has 1 atom stereocenters. The summed E-state index contributed by atoms with van der Waals surface area (Å²) in [5.74, 6) is 0.609. The first kappa shape index (κ1) is 24.9. The molecule has 0 radical (unpaired) electrons. The van der Waals surface area contributed by atoms with E-state index in [0.717, 1.165) is 0 Å². The van der Waals surface area contributed by atoms with Crippen LogP contribution in [0.4, 0.5) is 0 Å². The van der Waals surface area contributed by atoms with E-state index >= 15 is 0 Å². The fourth-order valence-corrected chi connectivity index (χ4v) is 4.12. The van der Waals surface area contributed by atoms with Crippen LogP contribution in [0, 0.1) is 18.3 Å². The average molecular weight is 506 g/mol. The number of nitrogens with zero attached hydrogens (tertiary/aromatic N) is 2. The number of hydrogen-bond donors (Lipinski definition) is 1. The molecule has 2 heterocycles. The summed E-state index contributed by atoms with van der Waals surface area (Å²) in [5, 5.41) is 10.3. The van der Waals surface area contributed by atoms with Crippen LogP contribution >= 0.6 is 11.6 Å². The van der Waals surface area contributed by atoms with Crippen molar-refractivity contribution in [1.29, 1.82) is 5.26 Å². The number of allylic oxidation sites excluding steroid dienone is 2. The molecular weight excluding hydrogens is 482 g/mol. The first-order valence-electron chi connectivity index (χ1n) is 11.2. The van der Waals surface area contributed by atoms with E-state index in [0.29, 0.717) is 45.0 Å². The molecule has 0 saturated carbocycles. The maximum Gasteiger partial charge on any atom is 0.338 e. The van der Waals surface area contributed by atoms with Crippen molar-refractivity contribution in [3.8, 4) is 23.3 Å². The largest absolute Gasteiger partial charge is 0.487 e. The zero-order valence-electron chi connectivity index (χ0n) is 20.0. The molecule has 8 nitrogen and oxygen atoms in total. The van der Waals surface area contributed by atoms with Crippen molar-refractivity contribution in [2.75, 3.05) is 6.61 Å². The molecule has 0 bridgehead atoms. The lowest BCUT2D eigenvalue weighted by atomic mass is 9.83. The molecule has 1 aliphatic heterocycles. The van der Waals surface area contributed by atoms with Gasteiger partial charge in [-0.2, -0.15) is 5.26 Å². The number of rotatable bonds is 7. The van der Waals surface area contributed by atoms with Crippen LogP contribution in [-0.4, -0.2) is 17.6 Å². The van der Waals surface area contributed by atoms with Gasteiger partial charge in [-0.15, -0.1) is 0 Å². The van der Waals surface area contributed by atoms with E-state index in [2.05, 4.69) is 11.1 Å². The van der Waals surface area contributed by atoms with Gasteiger partial charge in [-0.1, -0.05) is 35.9 Å². The van der Waals surface area contributed by atoms with Gasteiger partial charge in [0, 0.05) is 0 Å². The summed E-state index contributed by atoms with van der Waals surface area (Å²) in [6, 6.07) is 16.4. The predicted molar refractivity (Wildman–Crippen MR) is 132 cm³/mol. The van der Waals surface area contributed by atoms with Crippen molar-refractivity contribution < 1.29 is 23.4 Å². The van der Waals surface area contributed by atoms with Crippen LogP contribution in [0.2, 0.25) is 5.02 Å². The fourth-order valence-electron chi connectivity index (χ4n) is 3.91. The number of halogens is 1. The fraction of sp³-hybridized carbons (Fsp3) is 0.222. The zero-order valence-corrected chi connectivity index (χ0v) is 20.8. The van der Waals surface area contributed by atoms with Gasteiger partial charge in [0.05, 0.1) is 28.7 Å². The molecule has 0 amide bonds. The molecule has 3 aromatic rings. The second-order valence-corrected chi connectivity index (χ2v) is 8.38. The van der Waals surface area contributed by atoms with Crippen LogP contribution in [0.3, 0.4) is 0 Å². The standard InChI is InChI=1S/C27H24ClN3O5/c1-4-33-27(32)23-16(3)35-25(30)20(13-29)24(23)17-9-11-18(12-10-17)34-14-22-15(2)36-26(31-22)19-7-5-6-8-21(19)28/h5-12,24H,4,14,30H2,1-3H3. The summed E-state index contributed by atoms with van der Waals surface area (Å²) in [6.45, 7) is 5.51. The van der Waals surface area contributed by atoms with Crippen molar-refractivity contribution in [3.05, 3.63) is 93.4 Å². The number of aryl methyl sites for hydroxylation is 1. The van der Waals surface area contributed by atoms with E-state index < -0.39 is 11.9 Å². The number of oxazole rings is 1. The van der Waals surface area contributed by atoms with Crippen molar-refractivity contribution in [2.45, 2.75) is 33.3 Å². The summed E-state index contributed by atoms with van der Waals surface area (Å²) in [6.07, 6.45) is 0. The first-order valence-corrected chi connectivity index (χ1v) is 11.6. The van der Waals surface area contributed by atoms with Crippen molar-refractivity contribution in [3.63, 3.8) is 0 Å². The third-order valence-corrected chi connectivity index (χ3v) is 6.02. The van der Waals surface area contributed by atoms with Crippen LogP contribution in [0.15, 0.2) is 75.7 Å². The van der Waals surface area contributed by atoms with Gasteiger partial charge in [-0.05, 0) is 50.6 Å². The number of hydrogen-bond acceptors (Lipinski definition) is 8. The SMILES string of the molecule is CCOC(=O)C1=C(C)OC(N)=C(C#N)C1c1ccc(OCc2nc(-c3ccccc3Cl)oc2C)cc1. The number of benzene rings is 2. The Labute approximate surface area is 213 Å². The Bertz CT molecular complexity index is 1400. The highest BCUT2D eigenvalue weighted by atomic mass is 35.5. The molecule has 0 fully saturated rings.